The highest BCUT2D eigenvalue weighted by Crippen LogP contribution is 2.29. The van der Waals surface area contributed by atoms with E-state index in [1.807, 2.05) is 6.07 Å². The Hall–Kier alpha value is -2.02. The van der Waals surface area contributed by atoms with Gasteiger partial charge in [-0.05, 0) is 23.8 Å². The van der Waals surface area contributed by atoms with Crippen LogP contribution in [-0.4, -0.2) is 28.5 Å². The minimum atomic E-state index is -0.515. The molecule has 0 aliphatic heterocycles. The zero-order valence-electron chi connectivity index (χ0n) is 14.6. The van der Waals surface area contributed by atoms with Crippen LogP contribution in [0.5, 0.6) is 0 Å². The molecule has 7 heteroatoms. The third kappa shape index (κ3) is 4.13. The number of hydrogen-bond acceptors (Lipinski definition) is 3. The molecular formula is C20H17BrClFN2O2. The van der Waals surface area contributed by atoms with Crippen LogP contribution in [0.15, 0.2) is 47.7 Å². The highest BCUT2D eigenvalue weighted by Gasteiger charge is 2.22. The molecule has 140 valence electrons. The normalized spacial score (nSPS) is 11.1. The Bertz CT molecular complexity index is 1030. The SMILES string of the molecule is C=CCOCC(=O)c1cc2c(ncn2C)c(F)c1Cc1ccc(Br)cc1Cl. The van der Waals surface area contributed by atoms with Crippen LogP contribution in [0, 0.1) is 5.82 Å². The van der Waals surface area contributed by atoms with Gasteiger partial charge in [-0.1, -0.05) is 39.7 Å². The molecule has 2 aromatic carbocycles. The van der Waals surface area contributed by atoms with E-state index in [-0.39, 0.29) is 42.1 Å². The molecule has 0 aliphatic carbocycles. The molecule has 0 N–H and O–H groups in total. The molecule has 0 bridgehead atoms. The van der Waals surface area contributed by atoms with E-state index in [1.165, 1.54) is 6.33 Å². The molecule has 0 amide bonds. The van der Waals surface area contributed by atoms with Crippen LogP contribution in [0.2, 0.25) is 5.02 Å². The standard InChI is InChI=1S/C20H17BrClFN2O2/c1-3-6-27-10-18(26)14-9-17-20(24-11-25(17)2)19(23)15(14)7-12-4-5-13(21)8-16(12)22/h3-5,8-9,11H,1,6-7,10H2,2H3. The number of Topliss-reactive ketones (excluding diaryl/α,β-unsaturated/α-hetero) is 1. The lowest BCUT2D eigenvalue weighted by Crippen LogP contribution is -2.14. The van der Waals surface area contributed by atoms with E-state index >= 15 is 4.39 Å². The molecule has 0 saturated heterocycles. The number of rotatable bonds is 7. The van der Waals surface area contributed by atoms with Crippen molar-refractivity contribution in [2.24, 2.45) is 7.05 Å². The second kappa shape index (κ2) is 8.33. The average molecular weight is 452 g/mol. The van der Waals surface area contributed by atoms with Crippen LogP contribution in [-0.2, 0) is 18.2 Å². The van der Waals surface area contributed by atoms with Crippen LogP contribution < -0.4 is 0 Å². The van der Waals surface area contributed by atoms with Crippen molar-refractivity contribution in [1.82, 2.24) is 9.55 Å². The van der Waals surface area contributed by atoms with E-state index in [2.05, 4.69) is 27.5 Å². The number of carbonyl (C=O) groups is 1. The average Bonchev–Trinajstić information content (AvgIpc) is 3.00. The summed E-state index contributed by atoms with van der Waals surface area (Å²) in [6, 6.07) is 7.03. The lowest BCUT2D eigenvalue weighted by molar-refractivity contribution is 0.0805. The van der Waals surface area contributed by atoms with E-state index in [0.717, 1.165) is 10.0 Å². The first-order valence-corrected chi connectivity index (χ1v) is 9.37. The largest absolute Gasteiger partial charge is 0.369 e. The Morgan fingerprint density at radius 2 is 2.22 bits per heavy atom. The molecule has 0 saturated carbocycles. The molecule has 0 unspecified atom stereocenters. The van der Waals surface area contributed by atoms with Gasteiger partial charge in [0.05, 0.1) is 18.5 Å². The van der Waals surface area contributed by atoms with Gasteiger partial charge in [0, 0.05) is 34.1 Å². The zero-order valence-corrected chi connectivity index (χ0v) is 17.0. The third-order valence-corrected chi connectivity index (χ3v) is 5.06. The maximum Gasteiger partial charge on any atom is 0.188 e. The highest BCUT2D eigenvalue weighted by molar-refractivity contribution is 9.10. The number of ketones is 1. The molecule has 4 nitrogen and oxygen atoms in total. The smallest absolute Gasteiger partial charge is 0.188 e. The molecule has 0 atom stereocenters. The minimum absolute atomic E-state index is 0.157. The van der Waals surface area contributed by atoms with Crippen molar-refractivity contribution in [2.45, 2.75) is 6.42 Å². The number of hydrogen-bond donors (Lipinski definition) is 0. The lowest BCUT2D eigenvalue weighted by Gasteiger charge is -2.13. The van der Waals surface area contributed by atoms with Crippen molar-refractivity contribution < 1.29 is 13.9 Å². The monoisotopic (exact) mass is 450 g/mol. The molecule has 1 heterocycles. The zero-order chi connectivity index (χ0) is 19.6. The maximum atomic E-state index is 15.3. The number of ether oxygens (including phenoxy) is 1. The summed E-state index contributed by atoms with van der Waals surface area (Å²) in [5.41, 5.74) is 2.02. The maximum absolute atomic E-state index is 15.3. The molecular weight excluding hydrogens is 435 g/mol. The number of benzene rings is 2. The third-order valence-electron chi connectivity index (χ3n) is 4.21. The summed E-state index contributed by atoms with van der Waals surface area (Å²) in [5, 5.41) is 0.492. The van der Waals surface area contributed by atoms with Gasteiger partial charge in [-0.25, -0.2) is 9.37 Å². The van der Waals surface area contributed by atoms with Crippen molar-refractivity contribution in [3.8, 4) is 0 Å². The molecule has 3 rings (SSSR count). The second-order valence-corrected chi connectivity index (χ2v) is 7.40. The first kappa shape index (κ1) is 19.7. The van der Waals surface area contributed by atoms with E-state index < -0.39 is 5.82 Å². The van der Waals surface area contributed by atoms with Gasteiger partial charge in [0.25, 0.3) is 0 Å². The van der Waals surface area contributed by atoms with Crippen LogP contribution in [0.4, 0.5) is 4.39 Å². The van der Waals surface area contributed by atoms with Gasteiger partial charge in [-0.2, -0.15) is 0 Å². The van der Waals surface area contributed by atoms with Crippen LogP contribution in [0.3, 0.4) is 0 Å². The van der Waals surface area contributed by atoms with Crippen molar-refractivity contribution in [2.75, 3.05) is 13.2 Å². The fourth-order valence-electron chi connectivity index (χ4n) is 2.85. The van der Waals surface area contributed by atoms with Crippen molar-refractivity contribution in [3.63, 3.8) is 0 Å². The Balaban J connectivity index is 2.10. The number of fused-ring (bicyclic) bond motifs is 1. The van der Waals surface area contributed by atoms with Crippen molar-refractivity contribution >= 4 is 44.3 Å². The molecule has 0 aliphatic rings. The molecule has 27 heavy (non-hydrogen) atoms. The fraction of sp³-hybridized carbons (Fsp3) is 0.200. The predicted molar refractivity (Wildman–Crippen MR) is 108 cm³/mol. The van der Waals surface area contributed by atoms with Gasteiger partial charge >= 0.3 is 0 Å². The molecule has 1 aromatic heterocycles. The first-order valence-electron chi connectivity index (χ1n) is 8.20. The topological polar surface area (TPSA) is 44.1 Å². The number of imidazole rings is 1. The Morgan fingerprint density at radius 3 is 2.93 bits per heavy atom. The van der Waals surface area contributed by atoms with E-state index in [1.54, 1.807) is 35.9 Å². The number of halogens is 3. The Morgan fingerprint density at radius 1 is 1.44 bits per heavy atom. The van der Waals surface area contributed by atoms with Crippen LogP contribution in [0.25, 0.3) is 11.0 Å². The van der Waals surface area contributed by atoms with Gasteiger partial charge in [0.15, 0.2) is 11.6 Å². The Kier molecular flexibility index (Phi) is 6.09. The molecule has 3 aromatic rings. The number of aryl methyl sites for hydroxylation is 1. The number of nitrogens with zero attached hydrogens (tertiary/aromatic N) is 2. The fourth-order valence-corrected chi connectivity index (χ4v) is 3.59. The van der Waals surface area contributed by atoms with Crippen LogP contribution >= 0.6 is 27.5 Å². The minimum Gasteiger partial charge on any atom is -0.369 e. The lowest BCUT2D eigenvalue weighted by atomic mass is 9.95. The summed E-state index contributed by atoms with van der Waals surface area (Å²) in [7, 11) is 1.75. The van der Waals surface area contributed by atoms with E-state index in [4.69, 9.17) is 16.3 Å². The Labute approximate surface area is 169 Å². The summed E-state index contributed by atoms with van der Waals surface area (Å²) in [4.78, 5) is 16.8. The van der Waals surface area contributed by atoms with E-state index in [0.29, 0.717) is 10.5 Å². The molecule has 0 fully saturated rings. The van der Waals surface area contributed by atoms with Crippen molar-refractivity contribution in [1.29, 1.82) is 0 Å². The number of aromatic nitrogens is 2. The first-order chi connectivity index (χ1) is 12.9. The van der Waals surface area contributed by atoms with Gasteiger partial charge in [0.2, 0.25) is 0 Å². The van der Waals surface area contributed by atoms with E-state index in [9.17, 15) is 4.79 Å². The predicted octanol–water partition coefficient (Wildman–Crippen LogP) is 5.10. The van der Waals surface area contributed by atoms with Crippen molar-refractivity contribution in [3.05, 3.63) is 75.3 Å². The number of carbonyl (C=O) groups excluding carboxylic acids is 1. The second-order valence-electron chi connectivity index (χ2n) is 6.08. The van der Waals surface area contributed by atoms with Gasteiger partial charge in [0.1, 0.15) is 12.1 Å². The van der Waals surface area contributed by atoms with Gasteiger partial charge in [-0.3, -0.25) is 4.79 Å². The summed E-state index contributed by atoms with van der Waals surface area (Å²) >= 11 is 9.65. The van der Waals surface area contributed by atoms with Crippen LogP contribution in [0.1, 0.15) is 21.5 Å². The quantitative estimate of drug-likeness (QED) is 0.285. The highest BCUT2D eigenvalue weighted by atomic mass is 79.9. The summed E-state index contributed by atoms with van der Waals surface area (Å²) in [6.07, 6.45) is 3.25. The van der Waals surface area contributed by atoms with Gasteiger partial charge < -0.3 is 9.30 Å². The summed E-state index contributed by atoms with van der Waals surface area (Å²) in [5.74, 6) is -0.818. The molecule has 0 spiro atoms. The summed E-state index contributed by atoms with van der Waals surface area (Å²) in [6.45, 7) is 3.64. The summed E-state index contributed by atoms with van der Waals surface area (Å²) < 4.78 is 23.0. The van der Waals surface area contributed by atoms with Gasteiger partial charge in [-0.15, -0.1) is 6.58 Å². The molecule has 0 radical (unpaired) electrons.